The lowest BCUT2D eigenvalue weighted by Gasteiger charge is -2.32. The smallest absolute Gasteiger partial charge is 0.312 e. The molecule has 0 aliphatic carbocycles. The number of carbonyl (C=O) groups excluding carboxylic acids is 1. The van der Waals surface area contributed by atoms with Gasteiger partial charge in [0.1, 0.15) is 5.60 Å². The van der Waals surface area contributed by atoms with Crippen LogP contribution in [0, 0.1) is 5.92 Å². The number of benzene rings is 1. The van der Waals surface area contributed by atoms with E-state index in [1.54, 1.807) is 32.0 Å². The van der Waals surface area contributed by atoms with E-state index in [0.717, 1.165) is 6.42 Å². The van der Waals surface area contributed by atoms with Crippen LogP contribution in [0.2, 0.25) is 10.0 Å². The first kappa shape index (κ1) is 17.3. The quantitative estimate of drug-likeness (QED) is 0.800. The number of aliphatic hydroxyl groups is 1. The van der Waals surface area contributed by atoms with E-state index >= 15 is 0 Å². The summed E-state index contributed by atoms with van der Waals surface area (Å²) in [6, 6.07) is 4.84. The van der Waals surface area contributed by atoms with Gasteiger partial charge in [-0.1, -0.05) is 36.5 Å². The van der Waals surface area contributed by atoms with Crippen LogP contribution in [-0.2, 0) is 15.1 Å². The summed E-state index contributed by atoms with van der Waals surface area (Å²) < 4.78 is 5.06. The maximum Gasteiger partial charge on any atom is 0.312 e. The topological polar surface area (TPSA) is 46.5 Å². The molecule has 0 aromatic heterocycles. The molecule has 1 N–H and O–H groups in total. The molecule has 1 aromatic rings. The Bertz CT molecular complexity index is 472. The third kappa shape index (κ3) is 3.87. The summed E-state index contributed by atoms with van der Waals surface area (Å²) in [5.41, 5.74) is -0.984. The minimum absolute atomic E-state index is 0.276. The summed E-state index contributed by atoms with van der Waals surface area (Å²) in [4.78, 5) is 12.1. The van der Waals surface area contributed by atoms with Crippen LogP contribution in [0.25, 0.3) is 0 Å². The predicted octanol–water partition coefficient (Wildman–Crippen LogP) is 4.18. The molecule has 3 nitrogen and oxygen atoms in total. The van der Waals surface area contributed by atoms with Crippen molar-refractivity contribution in [2.24, 2.45) is 5.92 Å². The molecule has 2 atom stereocenters. The average molecular weight is 319 g/mol. The van der Waals surface area contributed by atoms with Gasteiger partial charge < -0.3 is 9.84 Å². The summed E-state index contributed by atoms with van der Waals surface area (Å²) in [5, 5.41) is 11.7. The lowest BCUT2D eigenvalue weighted by atomic mass is 9.80. The fourth-order valence-electron chi connectivity index (χ4n) is 2.23. The fraction of sp³-hybridized carbons (Fsp3) is 0.533. The van der Waals surface area contributed by atoms with Gasteiger partial charge in [-0.3, -0.25) is 4.79 Å². The van der Waals surface area contributed by atoms with E-state index in [2.05, 4.69) is 0 Å². The van der Waals surface area contributed by atoms with Crippen LogP contribution >= 0.6 is 23.2 Å². The monoisotopic (exact) mass is 318 g/mol. The van der Waals surface area contributed by atoms with Gasteiger partial charge in [0.2, 0.25) is 0 Å². The summed E-state index contributed by atoms with van der Waals surface area (Å²) in [5.74, 6) is -1.10. The Morgan fingerprint density at radius 1 is 1.40 bits per heavy atom. The van der Waals surface area contributed by atoms with Crippen LogP contribution in [0.15, 0.2) is 18.2 Å². The maximum absolute atomic E-state index is 12.1. The molecule has 0 bridgehead atoms. The number of halogens is 2. The zero-order valence-corrected chi connectivity index (χ0v) is 13.5. The normalized spacial score (nSPS) is 15.5. The van der Waals surface area contributed by atoms with Crippen LogP contribution in [0.5, 0.6) is 0 Å². The highest BCUT2D eigenvalue weighted by Gasteiger charge is 2.40. The SMILES string of the molecule is CCCC(C(=O)OCC)C(C)(O)c1cc(Cl)ccc1Cl. The Hall–Kier alpha value is -0.770. The molecule has 0 saturated heterocycles. The van der Waals surface area contributed by atoms with E-state index in [4.69, 9.17) is 27.9 Å². The first-order valence-corrected chi connectivity index (χ1v) is 7.44. The first-order chi connectivity index (χ1) is 9.34. The zero-order valence-electron chi connectivity index (χ0n) is 12.0. The molecule has 20 heavy (non-hydrogen) atoms. The summed E-state index contributed by atoms with van der Waals surface area (Å²) in [6.07, 6.45) is 1.26. The number of hydrogen-bond donors (Lipinski definition) is 1. The van der Waals surface area contributed by atoms with Gasteiger partial charge in [0, 0.05) is 15.6 Å². The van der Waals surface area contributed by atoms with Gasteiger partial charge in [0.05, 0.1) is 12.5 Å². The first-order valence-electron chi connectivity index (χ1n) is 6.69. The largest absolute Gasteiger partial charge is 0.466 e. The van der Waals surface area contributed by atoms with Crippen LogP contribution in [0.1, 0.15) is 39.2 Å². The third-order valence-electron chi connectivity index (χ3n) is 3.30. The fourth-order valence-corrected chi connectivity index (χ4v) is 2.71. The van der Waals surface area contributed by atoms with Crippen molar-refractivity contribution in [3.63, 3.8) is 0 Å². The highest BCUT2D eigenvalue weighted by atomic mass is 35.5. The molecule has 0 radical (unpaired) electrons. The zero-order chi connectivity index (χ0) is 15.3. The van der Waals surface area contributed by atoms with Crippen molar-refractivity contribution < 1.29 is 14.6 Å². The predicted molar refractivity (Wildman–Crippen MR) is 81.1 cm³/mol. The van der Waals surface area contributed by atoms with Crippen molar-refractivity contribution in [3.8, 4) is 0 Å². The molecular weight excluding hydrogens is 299 g/mol. The molecule has 2 unspecified atom stereocenters. The molecule has 0 saturated carbocycles. The number of ether oxygens (including phenoxy) is 1. The Morgan fingerprint density at radius 3 is 2.60 bits per heavy atom. The molecule has 0 amide bonds. The molecule has 0 fully saturated rings. The number of hydrogen-bond acceptors (Lipinski definition) is 3. The van der Waals surface area contributed by atoms with Gasteiger partial charge in [-0.15, -0.1) is 0 Å². The molecule has 1 rings (SSSR count). The average Bonchev–Trinajstić information content (AvgIpc) is 2.38. The minimum atomic E-state index is -1.43. The van der Waals surface area contributed by atoms with Crippen LogP contribution in [0.4, 0.5) is 0 Å². The van der Waals surface area contributed by atoms with Gasteiger partial charge in [-0.25, -0.2) is 0 Å². The molecule has 0 aliphatic heterocycles. The minimum Gasteiger partial charge on any atom is -0.466 e. The van der Waals surface area contributed by atoms with Crippen LogP contribution in [-0.4, -0.2) is 17.7 Å². The molecule has 1 aromatic carbocycles. The number of esters is 1. The van der Waals surface area contributed by atoms with Crippen molar-refractivity contribution in [1.82, 2.24) is 0 Å². The van der Waals surface area contributed by atoms with Gasteiger partial charge in [0.15, 0.2) is 0 Å². The summed E-state index contributed by atoms with van der Waals surface area (Å²) in [6.45, 7) is 5.53. The van der Waals surface area contributed by atoms with Gasteiger partial charge in [-0.2, -0.15) is 0 Å². The third-order valence-corrected chi connectivity index (χ3v) is 3.87. The van der Waals surface area contributed by atoms with Gasteiger partial charge in [0.25, 0.3) is 0 Å². The Balaban J connectivity index is 3.21. The lowest BCUT2D eigenvalue weighted by molar-refractivity contribution is -0.158. The molecular formula is C15H20Cl2O3. The van der Waals surface area contributed by atoms with E-state index in [0.29, 0.717) is 22.0 Å². The molecule has 0 aliphatic rings. The highest BCUT2D eigenvalue weighted by molar-refractivity contribution is 6.33. The van der Waals surface area contributed by atoms with Crippen molar-refractivity contribution in [2.45, 2.75) is 39.2 Å². The molecule has 112 valence electrons. The molecule has 0 heterocycles. The Morgan fingerprint density at radius 2 is 2.05 bits per heavy atom. The second kappa shape index (κ2) is 7.30. The van der Waals surface area contributed by atoms with E-state index in [1.165, 1.54) is 0 Å². The van der Waals surface area contributed by atoms with E-state index in [9.17, 15) is 9.90 Å². The van der Waals surface area contributed by atoms with Crippen molar-refractivity contribution in [1.29, 1.82) is 0 Å². The van der Waals surface area contributed by atoms with Crippen molar-refractivity contribution in [2.75, 3.05) is 6.61 Å². The van der Waals surface area contributed by atoms with Crippen LogP contribution in [0.3, 0.4) is 0 Å². The number of carbonyl (C=O) groups is 1. The van der Waals surface area contributed by atoms with E-state index in [1.807, 2.05) is 6.92 Å². The molecule has 0 spiro atoms. The molecule has 5 heteroatoms. The second-order valence-corrected chi connectivity index (χ2v) is 5.71. The Labute approximate surface area is 129 Å². The van der Waals surface area contributed by atoms with Crippen LogP contribution < -0.4 is 0 Å². The summed E-state index contributed by atoms with van der Waals surface area (Å²) in [7, 11) is 0. The van der Waals surface area contributed by atoms with Crippen molar-refractivity contribution >= 4 is 29.2 Å². The maximum atomic E-state index is 12.1. The second-order valence-electron chi connectivity index (χ2n) is 4.86. The number of rotatable bonds is 6. The standard InChI is InChI=1S/C15H20Cl2O3/c1-4-6-11(14(18)20-5-2)15(3,19)12-9-10(16)7-8-13(12)17/h7-9,11,19H,4-6H2,1-3H3. The van der Waals surface area contributed by atoms with Crippen molar-refractivity contribution in [3.05, 3.63) is 33.8 Å². The van der Waals surface area contributed by atoms with Gasteiger partial charge >= 0.3 is 5.97 Å². The summed E-state index contributed by atoms with van der Waals surface area (Å²) >= 11 is 12.1. The Kier molecular flexibility index (Phi) is 6.31. The van der Waals surface area contributed by atoms with Gasteiger partial charge in [-0.05, 0) is 38.5 Å². The van der Waals surface area contributed by atoms with E-state index < -0.39 is 17.5 Å². The van der Waals surface area contributed by atoms with E-state index in [-0.39, 0.29) is 6.61 Å². The highest BCUT2D eigenvalue weighted by Crippen LogP contribution is 2.38. The lowest BCUT2D eigenvalue weighted by Crippen LogP contribution is -2.38.